The highest BCUT2D eigenvalue weighted by Gasteiger charge is 2.30. The van der Waals surface area contributed by atoms with Gasteiger partial charge in [0.15, 0.2) is 0 Å². The zero-order chi connectivity index (χ0) is 14.0. The SMILES string of the molecule is C[C@@H]1CN(C(=O)c2ccc(C(F)(F)F)cc2)CCO1. The summed E-state index contributed by atoms with van der Waals surface area (Å²) in [7, 11) is 0. The van der Waals surface area contributed by atoms with Crippen molar-refractivity contribution in [3.8, 4) is 0 Å². The molecule has 1 fully saturated rings. The quantitative estimate of drug-likeness (QED) is 0.787. The van der Waals surface area contributed by atoms with Crippen molar-refractivity contribution >= 4 is 5.91 Å². The largest absolute Gasteiger partial charge is 0.416 e. The second-order valence-corrected chi connectivity index (χ2v) is 4.51. The average molecular weight is 273 g/mol. The van der Waals surface area contributed by atoms with E-state index in [0.717, 1.165) is 12.1 Å². The third-order valence-corrected chi connectivity index (χ3v) is 2.99. The van der Waals surface area contributed by atoms with E-state index in [4.69, 9.17) is 4.74 Å². The van der Waals surface area contributed by atoms with Crippen LogP contribution in [0.25, 0.3) is 0 Å². The first-order chi connectivity index (χ1) is 8.88. The van der Waals surface area contributed by atoms with Crippen LogP contribution in [0.3, 0.4) is 0 Å². The number of benzene rings is 1. The first kappa shape index (κ1) is 13.9. The maximum absolute atomic E-state index is 12.4. The summed E-state index contributed by atoms with van der Waals surface area (Å²) in [5.41, 5.74) is -0.485. The number of ether oxygens (including phenoxy) is 1. The van der Waals surface area contributed by atoms with E-state index in [1.807, 2.05) is 6.92 Å². The Morgan fingerprint density at radius 2 is 1.95 bits per heavy atom. The first-order valence-electron chi connectivity index (χ1n) is 5.96. The van der Waals surface area contributed by atoms with Crippen LogP contribution in [0.1, 0.15) is 22.8 Å². The van der Waals surface area contributed by atoms with E-state index in [1.165, 1.54) is 12.1 Å². The Bertz CT molecular complexity index is 456. The fraction of sp³-hybridized carbons (Fsp3) is 0.462. The van der Waals surface area contributed by atoms with E-state index in [2.05, 4.69) is 0 Å². The van der Waals surface area contributed by atoms with Crippen molar-refractivity contribution in [3.63, 3.8) is 0 Å². The van der Waals surface area contributed by atoms with E-state index < -0.39 is 11.7 Å². The molecule has 19 heavy (non-hydrogen) atoms. The van der Waals surface area contributed by atoms with Crippen LogP contribution in [0.5, 0.6) is 0 Å². The van der Waals surface area contributed by atoms with Crippen LogP contribution in [-0.2, 0) is 10.9 Å². The zero-order valence-electron chi connectivity index (χ0n) is 10.4. The lowest BCUT2D eigenvalue weighted by Crippen LogP contribution is -2.44. The van der Waals surface area contributed by atoms with Gasteiger partial charge in [-0.3, -0.25) is 4.79 Å². The van der Waals surface area contributed by atoms with Crippen LogP contribution in [0.15, 0.2) is 24.3 Å². The monoisotopic (exact) mass is 273 g/mol. The Morgan fingerprint density at radius 1 is 1.32 bits per heavy atom. The number of hydrogen-bond donors (Lipinski definition) is 0. The summed E-state index contributed by atoms with van der Waals surface area (Å²) < 4.78 is 42.6. The van der Waals surface area contributed by atoms with Gasteiger partial charge in [-0.05, 0) is 31.2 Å². The van der Waals surface area contributed by atoms with Crippen molar-refractivity contribution < 1.29 is 22.7 Å². The van der Waals surface area contributed by atoms with Crippen molar-refractivity contribution in [2.45, 2.75) is 19.2 Å². The van der Waals surface area contributed by atoms with Crippen molar-refractivity contribution in [1.29, 1.82) is 0 Å². The normalized spacial score (nSPS) is 20.4. The number of hydrogen-bond acceptors (Lipinski definition) is 2. The molecule has 3 nitrogen and oxygen atoms in total. The first-order valence-corrected chi connectivity index (χ1v) is 5.96. The molecule has 0 bridgehead atoms. The van der Waals surface area contributed by atoms with Gasteiger partial charge in [-0.2, -0.15) is 13.2 Å². The molecule has 1 saturated heterocycles. The van der Waals surface area contributed by atoms with Gasteiger partial charge in [-0.25, -0.2) is 0 Å². The molecule has 1 amide bonds. The number of alkyl halides is 3. The lowest BCUT2D eigenvalue weighted by molar-refractivity contribution is -0.137. The van der Waals surface area contributed by atoms with E-state index in [9.17, 15) is 18.0 Å². The Balaban J connectivity index is 2.11. The van der Waals surface area contributed by atoms with Crippen LogP contribution in [0, 0.1) is 0 Å². The average Bonchev–Trinajstić information content (AvgIpc) is 2.37. The van der Waals surface area contributed by atoms with Crippen LogP contribution in [0.2, 0.25) is 0 Å². The molecule has 6 heteroatoms. The standard InChI is InChI=1S/C13H14F3NO2/c1-9-8-17(6-7-19-9)12(18)10-2-4-11(5-3-10)13(14,15)16/h2-5,9H,6-8H2,1H3/t9-/m1/s1. The summed E-state index contributed by atoms with van der Waals surface area (Å²) in [5, 5.41) is 0. The highest BCUT2D eigenvalue weighted by Crippen LogP contribution is 2.29. The molecule has 0 saturated carbocycles. The molecule has 0 spiro atoms. The number of morpholine rings is 1. The van der Waals surface area contributed by atoms with Crippen molar-refractivity contribution in [2.24, 2.45) is 0 Å². The van der Waals surface area contributed by atoms with Gasteiger partial charge in [0.25, 0.3) is 5.91 Å². The highest BCUT2D eigenvalue weighted by atomic mass is 19.4. The van der Waals surface area contributed by atoms with Gasteiger partial charge >= 0.3 is 6.18 Å². The number of rotatable bonds is 1. The zero-order valence-corrected chi connectivity index (χ0v) is 10.4. The minimum absolute atomic E-state index is 0.0489. The van der Waals surface area contributed by atoms with Gasteiger partial charge in [0, 0.05) is 18.7 Å². The molecule has 0 aromatic heterocycles. The fourth-order valence-electron chi connectivity index (χ4n) is 1.99. The van der Waals surface area contributed by atoms with Crippen LogP contribution in [-0.4, -0.2) is 36.6 Å². The van der Waals surface area contributed by atoms with Crippen molar-refractivity contribution in [2.75, 3.05) is 19.7 Å². The van der Waals surface area contributed by atoms with E-state index in [-0.39, 0.29) is 17.6 Å². The lowest BCUT2D eigenvalue weighted by atomic mass is 10.1. The summed E-state index contributed by atoms with van der Waals surface area (Å²) in [4.78, 5) is 13.7. The summed E-state index contributed by atoms with van der Waals surface area (Å²) >= 11 is 0. The second-order valence-electron chi connectivity index (χ2n) is 4.51. The smallest absolute Gasteiger partial charge is 0.375 e. The van der Waals surface area contributed by atoms with Crippen LogP contribution < -0.4 is 0 Å². The predicted octanol–water partition coefficient (Wildman–Crippen LogP) is 2.57. The third kappa shape index (κ3) is 3.26. The van der Waals surface area contributed by atoms with E-state index >= 15 is 0 Å². The molecule has 1 heterocycles. The summed E-state index contributed by atoms with van der Waals surface area (Å²) in [6, 6.07) is 4.28. The number of carbonyl (C=O) groups excluding carboxylic acids is 1. The minimum atomic E-state index is -4.38. The molecule has 2 rings (SSSR count). The number of amides is 1. The Morgan fingerprint density at radius 3 is 2.47 bits per heavy atom. The predicted molar refractivity (Wildman–Crippen MR) is 62.8 cm³/mol. The van der Waals surface area contributed by atoms with Crippen molar-refractivity contribution in [1.82, 2.24) is 4.90 Å². The molecular weight excluding hydrogens is 259 g/mol. The van der Waals surface area contributed by atoms with Gasteiger partial charge in [0.2, 0.25) is 0 Å². The number of nitrogens with zero attached hydrogens (tertiary/aromatic N) is 1. The Labute approximate surface area is 109 Å². The second kappa shape index (κ2) is 5.21. The molecule has 1 atom stereocenters. The van der Waals surface area contributed by atoms with E-state index in [1.54, 1.807) is 4.90 Å². The molecule has 104 valence electrons. The summed E-state index contributed by atoms with van der Waals surface area (Å²) in [6.07, 6.45) is -4.43. The van der Waals surface area contributed by atoms with E-state index in [0.29, 0.717) is 19.7 Å². The lowest BCUT2D eigenvalue weighted by Gasteiger charge is -2.31. The Hall–Kier alpha value is -1.56. The molecular formula is C13H14F3NO2. The highest BCUT2D eigenvalue weighted by molar-refractivity contribution is 5.94. The molecule has 1 aromatic rings. The van der Waals surface area contributed by atoms with Gasteiger partial charge in [-0.1, -0.05) is 0 Å². The van der Waals surface area contributed by atoms with Crippen molar-refractivity contribution in [3.05, 3.63) is 35.4 Å². The number of halogens is 3. The number of carbonyl (C=O) groups is 1. The maximum atomic E-state index is 12.4. The summed E-state index contributed by atoms with van der Waals surface area (Å²) in [6.45, 7) is 3.23. The third-order valence-electron chi connectivity index (χ3n) is 2.99. The molecule has 1 aliphatic heterocycles. The Kier molecular flexibility index (Phi) is 3.80. The topological polar surface area (TPSA) is 29.5 Å². The molecule has 0 N–H and O–H groups in total. The van der Waals surface area contributed by atoms with Gasteiger partial charge in [0.05, 0.1) is 18.3 Å². The minimum Gasteiger partial charge on any atom is -0.375 e. The molecule has 0 aliphatic carbocycles. The summed E-state index contributed by atoms with van der Waals surface area (Å²) in [5.74, 6) is -0.260. The van der Waals surface area contributed by atoms with Gasteiger partial charge in [-0.15, -0.1) is 0 Å². The van der Waals surface area contributed by atoms with Gasteiger partial charge in [0.1, 0.15) is 0 Å². The fourth-order valence-corrected chi connectivity index (χ4v) is 1.99. The molecule has 1 aromatic carbocycles. The molecule has 0 radical (unpaired) electrons. The van der Waals surface area contributed by atoms with Crippen LogP contribution >= 0.6 is 0 Å². The van der Waals surface area contributed by atoms with Crippen LogP contribution in [0.4, 0.5) is 13.2 Å². The van der Waals surface area contributed by atoms with Gasteiger partial charge < -0.3 is 9.64 Å². The molecule has 0 unspecified atom stereocenters. The molecule has 1 aliphatic rings. The maximum Gasteiger partial charge on any atom is 0.416 e.